The van der Waals surface area contributed by atoms with E-state index in [4.69, 9.17) is 0 Å². The Hall–Kier alpha value is -3.99. The number of likely N-dealkylation sites (N-methyl/N-ethyl adjacent to an activating group) is 1. The highest BCUT2D eigenvalue weighted by Gasteiger charge is 2.29. The van der Waals surface area contributed by atoms with Crippen LogP contribution >= 0.6 is 0 Å². The summed E-state index contributed by atoms with van der Waals surface area (Å²) in [5.74, 6) is -0.528. The zero-order valence-electron chi connectivity index (χ0n) is 23.7. The molecular weight excluding hydrogens is 552 g/mol. The van der Waals surface area contributed by atoms with E-state index in [1.54, 1.807) is 23.1 Å². The van der Waals surface area contributed by atoms with Crippen LogP contribution in [0.4, 0.5) is 4.79 Å². The lowest BCUT2D eigenvalue weighted by Crippen LogP contribution is -2.57. The second-order valence-corrected chi connectivity index (χ2v) is 12.3. The molecule has 0 saturated carbocycles. The van der Waals surface area contributed by atoms with Crippen LogP contribution in [0.15, 0.2) is 107 Å². The molecule has 0 aromatic heterocycles. The summed E-state index contributed by atoms with van der Waals surface area (Å²) in [7, 11) is -1.83. The minimum atomic E-state index is -3.83. The van der Waals surface area contributed by atoms with E-state index in [-0.39, 0.29) is 23.8 Å². The highest BCUT2D eigenvalue weighted by atomic mass is 32.2. The summed E-state index contributed by atoms with van der Waals surface area (Å²) in [5, 5.41) is 17.9. The van der Waals surface area contributed by atoms with Crippen molar-refractivity contribution in [3.8, 4) is 0 Å². The van der Waals surface area contributed by atoms with Gasteiger partial charge in [0.25, 0.3) is 0 Å². The number of urea groups is 1. The van der Waals surface area contributed by atoms with Crippen molar-refractivity contribution in [1.82, 2.24) is 20.4 Å². The van der Waals surface area contributed by atoms with E-state index >= 15 is 0 Å². The van der Waals surface area contributed by atoms with Gasteiger partial charge in [-0.3, -0.25) is 4.79 Å². The molecule has 0 bridgehead atoms. The van der Waals surface area contributed by atoms with Crippen LogP contribution in [0.1, 0.15) is 11.1 Å². The molecule has 3 unspecified atom stereocenters. The highest BCUT2D eigenvalue weighted by molar-refractivity contribution is 7.94. The van der Waals surface area contributed by atoms with Gasteiger partial charge in [-0.1, -0.05) is 78.9 Å². The summed E-state index contributed by atoms with van der Waals surface area (Å²) in [4.78, 5) is 30.8. The zero-order chi connectivity index (χ0) is 30.0. The SMILES string of the molecule is CN1CCN(C(=O)NC(Cc2ccccc2)C(=O)NC(/C=C/S(=O)(=O)c2ccccc2)C(O)Cc2ccccc2)CC1. The molecule has 3 aromatic carbocycles. The first kappa shape index (κ1) is 31.0. The predicted octanol–water partition coefficient (Wildman–Crippen LogP) is 2.63. The number of carbonyl (C=O) groups is 2. The van der Waals surface area contributed by atoms with Crippen molar-refractivity contribution in [2.75, 3.05) is 33.2 Å². The van der Waals surface area contributed by atoms with Gasteiger partial charge in [0.05, 0.1) is 17.0 Å². The van der Waals surface area contributed by atoms with Gasteiger partial charge < -0.3 is 25.5 Å². The molecule has 1 aliphatic heterocycles. The fraction of sp³-hybridized carbons (Fsp3) is 0.312. The summed E-state index contributed by atoms with van der Waals surface area (Å²) < 4.78 is 25.9. The maximum Gasteiger partial charge on any atom is 0.318 e. The Labute approximate surface area is 247 Å². The predicted molar refractivity (Wildman–Crippen MR) is 162 cm³/mol. The van der Waals surface area contributed by atoms with E-state index in [1.165, 1.54) is 18.2 Å². The highest BCUT2D eigenvalue weighted by Crippen LogP contribution is 2.14. The molecule has 4 rings (SSSR count). The first-order chi connectivity index (χ1) is 20.2. The number of piperazine rings is 1. The minimum Gasteiger partial charge on any atom is -0.390 e. The normalized spacial score (nSPS) is 16.5. The third kappa shape index (κ3) is 9.01. The van der Waals surface area contributed by atoms with Gasteiger partial charge in [-0.2, -0.15) is 0 Å². The van der Waals surface area contributed by atoms with Crippen LogP contribution in [0.5, 0.6) is 0 Å². The molecule has 10 heteroatoms. The number of benzene rings is 3. The molecule has 1 aliphatic rings. The Kier molecular flexibility index (Phi) is 10.9. The Morgan fingerprint density at radius 3 is 1.90 bits per heavy atom. The fourth-order valence-corrected chi connectivity index (χ4v) is 5.78. The second kappa shape index (κ2) is 14.8. The lowest BCUT2D eigenvalue weighted by atomic mass is 10.0. The maximum absolute atomic E-state index is 13.7. The van der Waals surface area contributed by atoms with Crippen molar-refractivity contribution in [2.45, 2.75) is 35.9 Å². The fourth-order valence-electron chi connectivity index (χ4n) is 4.71. The number of sulfone groups is 1. The average molecular weight is 591 g/mol. The lowest BCUT2D eigenvalue weighted by molar-refractivity contribution is -0.124. The van der Waals surface area contributed by atoms with Crippen LogP contribution in [-0.4, -0.2) is 86.7 Å². The quantitative estimate of drug-likeness (QED) is 0.316. The first-order valence-electron chi connectivity index (χ1n) is 14.0. The zero-order valence-corrected chi connectivity index (χ0v) is 24.5. The number of rotatable bonds is 11. The summed E-state index contributed by atoms with van der Waals surface area (Å²) in [6.07, 6.45) is 0.567. The lowest BCUT2D eigenvalue weighted by Gasteiger charge is -2.33. The number of aliphatic hydroxyl groups excluding tert-OH is 1. The van der Waals surface area contributed by atoms with E-state index in [1.807, 2.05) is 67.7 Å². The number of hydrogen-bond acceptors (Lipinski definition) is 6. The van der Waals surface area contributed by atoms with Gasteiger partial charge >= 0.3 is 6.03 Å². The van der Waals surface area contributed by atoms with Crippen molar-refractivity contribution in [3.63, 3.8) is 0 Å². The molecule has 0 aliphatic carbocycles. The average Bonchev–Trinajstić information content (AvgIpc) is 3.00. The molecule has 3 aromatic rings. The Morgan fingerprint density at radius 2 is 1.33 bits per heavy atom. The van der Waals surface area contributed by atoms with E-state index in [0.717, 1.165) is 29.6 Å². The molecule has 9 nitrogen and oxygen atoms in total. The van der Waals surface area contributed by atoms with E-state index in [0.29, 0.717) is 13.1 Å². The molecule has 0 spiro atoms. The standard InChI is InChI=1S/C32H38N4O5S/c1-35-18-20-36(21-19-35)32(39)34-29(23-25-11-5-2-6-12-25)31(38)33-28(30(37)24-26-13-7-3-8-14-26)17-22-42(40,41)27-15-9-4-10-16-27/h2-17,22,28-30,37H,18-21,23-24H2,1H3,(H,33,38)(H,34,39)/b22-17+. The van der Waals surface area contributed by atoms with E-state index in [2.05, 4.69) is 15.5 Å². The van der Waals surface area contributed by atoms with Crippen LogP contribution < -0.4 is 10.6 Å². The number of amides is 3. The largest absolute Gasteiger partial charge is 0.390 e. The Balaban J connectivity index is 1.57. The van der Waals surface area contributed by atoms with Gasteiger partial charge in [0, 0.05) is 44.4 Å². The third-order valence-corrected chi connectivity index (χ3v) is 8.68. The molecule has 1 fully saturated rings. The van der Waals surface area contributed by atoms with Gasteiger partial charge in [-0.25, -0.2) is 13.2 Å². The van der Waals surface area contributed by atoms with Gasteiger partial charge in [-0.05, 0) is 36.4 Å². The first-order valence-corrected chi connectivity index (χ1v) is 15.5. The summed E-state index contributed by atoms with van der Waals surface area (Å²) in [5.41, 5.74) is 1.67. The van der Waals surface area contributed by atoms with Crippen molar-refractivity contribution in [1.29, 1.82) is 0 Å². The summed E-state index contributed by atoms with van der Waals surface area (Å²) in [6.45, 7) is 2.55. The van der Waals surface area contributed by atoms with Crippen LogP contribution in [0.25, 0.3) is 0 Å². The summed E-state index contributed by atoms with van der Waals surface area (Å²) >= 11 is 0. The van der Waals surface area contributed by atoms with Crippen molar-refractivity contribution in [3.05, 3.63) is 114 Å². The molecule has 1 heterocycles. The van der Waals surface area contributed by atoms with Gasteiger partial charge in [0.2, 0.25) is 5.91 Å². The monoisotopic (exact) mass is 590 g/mol. The molecular formula is C32H38N4O5S. The smallest absolute Gasteiger partial charge is 0.318 e. The third-order valence-electron chi connectivity index (χ3n) is 7.24. The Morgan fingerprint density at radius 1 is 0.810 bits per heavy atom. The van der Waals surface area contributed by atoms with Gasteiger partial charge in [-0.15, -0.1) is 0 Å². The molecule has 3 atom stereocenters. The van der Waals surface area contributed by atoms with Crippen molar-refractivity contribution < 1.29 is 23.1 Å². The molecule has 42 heavy (non-hydrogen) atoms. The van der Waals surface area contributed by atoms with Crippen LogP contribution in [0, 0.1) is 0 Å². The number of hydrogen-bond donors (Lipinski definition) is 3. The van der Waals surface area contributed by atoms with Crippen LogP contribution in [-0.2, 0) is 27.5 Å². The number of aliphatic hydroxyl groups is 1. The van der Waals surface area contributed by atoms with Gasteiger partial charge in [0.15, 0.2) is 9.84 Å². The van der Waals surface area contributed by atoms with Crippen molar-refractivity contribution >= 4 is 21.8 Å². The number of nitrogens with one attached hydrogen (secondary N) is 2. The Bertz CT molecular complexity index is 1430. The second-order valence-electron chi connectivity index (χ2n) is 10.5. The van der Waals surface area contributed by atoms with Crippen LogP contribution in [0.3, 0.4) is 0 Å². The van der Waals surface area contributed by atoms with Crippen LogP contribution in [0.2, 0.25) is 0 Å². The molecule has 3 N–H and O–H groups in total. The topological polar surface area (TPSA) is 119 Å². The van der Waals surface area contributed by atoms with Gasteiger partial charge in [0.1, 0.15) is 6.04 Å². The number of carbonyl (C=O) groups excluding carboxylic acids is 2. The molecule has 3 amide bonds. The molecule has 1 saturated heterocycles. The van der Waals surface area contributed by atoms with E-state index < -0.39 is 33.9 Å². The summed E-state index contributed by atoms with van der Waals surface area (Å²) in [6, 6.07) is 24.2. The maximum atomic E-state index is 13.7. The van der Waals surface area contributed by atoms with Crippen molar-refractivity contribution in [2.24, 2.45) is 0 Å². The minimum absolute atomic E-state index is 0.102. The molecule has 0 radical (unpaired) electrons. The molecule has 222 valence electrons. The number of nitrogens with zero attached hydrogens (tertiary/aromatic N) is 2. The van der Waals surface area contributed by atoms with E-state index in [9.17, 15) is 23.1 Å².